The Balaban J connectivity index is 2.28. The van der Waals surface area contributed by atoms with Crippen molar-refractivity contribution in [3.05, 3.63) is 27.7 Å². The van der Waals surface area contributed by atoms with Crippen LogP contribution in [-0.2, 0) is 6.54 Å². The number of fused-ring (bicyclic) bond motifs is 1. The maximum atomic E-state index is 12.5. The van der Waals surface area contributed by atoms with Gasteiger partial charge in [-0.2, -0.15) is 9.61 Å². The first kappa shape index (κ1) is 16.0. The summed E-state index contributed by atoms with van der Waals surface area (Å²) in [6, 6.07) is 0.0118. The molecule has 2 aromatic heterocycles. The molecular formula is C15H18N4O5. The number of amides is 1. The highest BCUT2D eigenvalue weighted by Crippen LogP contribution is 2.24. The fourth-order valence-electron chi connectivity index (χ4n) is 2.56. The Labute approximate surface area is 136 Å². The van der Waals surface area contributed by atoms with E-state index in [1.807, 2.05) is 13.8 Å². The van der Waals surface area contributed by atoms with Crippen LogP contribution in [0.1, 0.15) is 47.4 Å². The quantitative estimate of drug-likeness (QED) is 0.729. The number of aromatic nitrogens is 3. The van der Waals surface area contributed by atoms with E-state index < -0.39 is 28.9 Å². The molecule has 9 heteroatoms. The van der Waals surface area contributed by atoms with Gasteiger partial charge < -0.3 is 15.5 Å². The van der Waals surface area contributed by atoms with E-state index in [4.69, 9.17) is 0 Å². The molecular weight excluding hydrogens is 316 g/mol. The SMILES string of the molecule is CC(C)Cn1c(O)c(C(=O)NC2CC2)c(=O)n2ncc(C(=O)O)c12. The molecule has 2 heterocycles. The zero-order valence-electron chi connectivity index (χ0n) is 13.3. The van der Waals surface area contributed by atoms with E-state index >= 15 is 0 Å². The van der Waals surface area contributed by atoms with Gasteiger partial charge in [-0.25, -0.2) is 4.79 Å². The van der Waals surface area contributed by atoms with Gasteiger partial charge in [0.2, 0.25) is 5.88 Å². The maximum Gasteiger partial charge on any atom is 0.341 e. The Kier molecular flexibility index (Phi) is 3.78. The standard InChI is InChI=1S/C15H18N4O5/c1-7(2)6-18-12-9(15(23)24)5-16-19(12)14(22)10(13(18)21)11(20)17-8-3-4-8/h5,7-8,21H,3-4,6H2,1-2H3,(H,17,20)(H,23,24). The third-order valence-electron chi connectivity index (χ3n) is 3.80. The van der Waals surface area contributed by atoms with Crippen molar-refractivity contribution in [3.63, 3.8) is 0 Å². The number of carbonyl (C=O) groups excluding carboxylic acids is 1. The summed E-state index contributed by atoms with van der Waals surface area (Å²) in [6.07, 6.45) is 2.71. The number of rotatable bonds is 5. The van der Waals surface area contributed by atoms with Crippen LogP contribution in [0.2, 0.25) is 0 Å². The zero-order chi connectivity index (χ0) is 17.6. The third kappa shape index (κ3) is 2.61. The topological polar surface area (TPSA) is 126 Å². The van der Waals surface area contributed by atoms with Crippen molar-refractivity contribution in [2.45, 2.75) is 39.3 Å². The van der Waals surface area contributed by atoms with Crippen LogP contribution < -0.4 is 10.9 Å². The number of aromatic hydroxyl groups is 1. The van der Waals surface area contributed by atoms with E-state index in [0.717, 1.165) is 23.6 Å². The second-order valence-electron chi connectivity index (χ2n) is 6.35. The molecule has 0 aliphatic heterocycles. The molecule has 0 saturated heterocycles. The number of carbonyl (C=O) groups is 2. The number of carboxylic acid groups (broad SMARTS) is 1. The lowest BCUT2D eigenvalue weighted by molar-refractivity contribution is 0.0698. The molecule has 1 aliphatic rings. The molecule has 1 amide bonds. The van der Waals surface area contributed by atoms with Crippen LogP contribution in [0, 0.1) is 5.92 Å². The molecule has 0 radical (unpaired) electrons. The summed E-state index contributed by atoms with van der Waals surface area (Å²) < 4.78 is 2.11. The van der Waals surface area contributed by atoms with E-state index in [-0.39, 0.29) is 29.7 Å². The molecule has 24 heavy (non-hydrogen) atoms. The second-order valence-corrected chi connectivity index (χ2v) is 6.35. The molecule has 0 spiro atoms. The molecule has 9 nitrogen and oxygen atoms in total. The first-order valence-corrected chi connectivity index (χ1v) is 7.69. The lowest BCUT2D eigenvalue weighted by atomic mass is 10.2. The van der Waals surface area contributed by atoms with E-state index in [2.05, 4.69) is 10.4 Å². The minimum absolute atomic E-state index is 0.0118. The first-order valence-electron chi connectivity index (χ1n) is 7.69. The van der Waals surface area contributed by atoms with Crippen LogP contribution in [0.4, 0.5) is 0 Å². The van der Waals surface area contributed by atoms with Gasteiger partial charge in [-0.1, -0.05) is 13.8 Å². The number of carboxylic acids is 1. The molecule has 3 N–H and O–H groups in total. The average Bonchev–Trinajstić information content (AvgIpc) is 3.17. The fraction of sp³-hybridized carbons (Fsp3) is 0.467. The van der Waals surface area contributed by atoms with Crippen LogP contribution in [0.5, 0.6) is 5.88 Å². The van der Waals surface area contributed by atoms with Gasteiger partial charge in [-0.15, -0.1) is 0 Å². The van der Waals surface area contributed by atoms with Crippen LogP contribution in [0.3, 0.4) is 0 Å². The normalized spacial score (nSPS) is 14.3. The average molecular weight is 334 g/mol. The predicted octanol–water partition coefficient (Wildman–Crippen LogP) is 0.448. The summed E-state index contributed by atoms with van der Waals surface area (Å²) in [4.78, 5) is 36.2. The Bertz CT molecular complexity index is 891. The molecule has 128 valence electrons. The summed E-state index contributed by atoms with van der Waals surface area (Å²) in [5.41, 5.74) is -1.51. The summed E-state index contributed by atoms with van der Waals surface area (Å²) >= 11 is 0. The fourth-order valence-corrected chi connectivity index (χ4v) is 2.56. The number of aromatic carboxylic acids is 1. The van der Waals surface area contributed by atoms with E-state index in [1.165, 1.54) is 4.57 Å². The Morgan fingerprint density at radius 1 is 1.42 bits per heavy atom. The molecule has 1 fully saturated rings. The largest absolute Gasteiger partial charge is 0.494 e. The Morgan fingerprint density at radius 2 is 2.08 bits per heavy atom. The molecule has 1 aliphatic carbocycles. The summed E-state index contributed by atoms with van der Waals surface area (Å²) in [7, 11) is 0. The van der Waals surface area contributed by atoms with Crippen molar-refractivity contribution >= 4 is 17.5 Å². The highest BCUT2D eigenvalue weighted by atomic mass is 16.4. The van der Waals surface area contributed by atoms with Gasteiger partial charge in [0.15, 0.2) is 11.2 Å². The number of nitrogens with one attached hydrogen (secondary N) is 1. The molecule has 3 rings (SSSR count). The lowest BCUT2D eigenvalue weighted by Crippen LogP contribution is -2.34. The van der Waals surface area contributed by atoms with Crippen LogP contribution in [0.15, 0.2) is 11.0 Å². The van der Waals surface area contributed by atoms with Crippen molar-refractivity contribution in [2.24, 2.45) is 5.92 Å². The van der Waals surface area contributed by atoms with Crippen molar-refractivity contribution < 1.29 is 19.8 Å². The zero-order valence-corrected chi connectivity index (χ0v) is 13.3. The van der Waals surface area contributed by atoms with Crippen molar-refractivity contribution in [2.75, 3.05) is 0 Å². The molecule has 2 aromatic rings. The van der Waals surface area contributed by atoms with Gasteiger partial charge in [0.05, 0.1) is 6.20 Å². The van der Waals surface area contributed by atoms with Crippen molar-refractivity contribution in [3.8, 4) is 5.88 Å². The molecule has 0 bridgehead atoms. The van der Waals surface area contributed by atoms with Crippen LogP contribution in [0.25, 0.3) is 5.65 Å². The molecule has 1 saturated carbocycles. The maximum absolute atomic E-state index is 12.5. The lowest BCUT2D eigenvalue weighted by Gasteiger charge is -2.16. The van der Waals surface area contributed by atoms with Crippen molar-refractivity contribution in [1.82, 2.24) is 19.5 Å². The highest BCUT2D eigenvalue weighted by molar-refractivity contribution is 5.98. The summed E-state index contributed by atoms with van der Waals surface area (Å²) in [5, 5.41) is 26.3. The first-order chi connectivity index (χ1) is 11.3. The molecule has 0 aromatic carbocycles. The van der Waals surface area contributed by atoms with Gasteiger partial charge >= 0.3 is 5.97 Å². The van der Waals surface area contributed by atoms with Crippen LogP contribution in [-0.4, -0.2) is 42.3 Å². The predicted molar refractivity (Wildman–Crippen MR) is 83.4 cm³/mol. The molecule has 0 unspecified atom stereocenters. The minimum Gasteiger partial charge on any atom is -0.494 e. The Morgan fingerprint density at radius 3 is 2.62 bits per heavy atom. The smallest absolute Gasteiger partial charge is 0.341 e. The minimum atomic E-state index is -1.27. The van der Waals surface area contributed by atoms with Gasteiger partial charge in [0, 0.05) is 12.6 Å². The van der Waals surface area contributed by atoms with E-state index in [9.17, 15) is 24.6 Å². The number of nitrogens with zero attached hydrogens (tertiary/aromatic N) is 3. The van der Waals surface area contributed by atoms with Gasteiger partial charge in [-0.3, -0.25) is 14.2 Å². The molecule has 0 atom stereocenters. The second kappa shape index (κ2) is 5.66. The third-order valence-corrected chi connectivity index (χ3v) is 3.80. The summed E-state index contributed by atoms with van der Waals surface area (Å²) in [5.74, 6) is -2.44. The van der Waals surface area contributed by atoms with Crippen LogP contribution >= 0.6 is 0 Å². The summed E-state index contributed by atoms with van der Waals surface area (Å²) in [6.45, 7) is 3.97. The highest BCUT2D eigenvalue weighted by Gasteiger charge is 2.30. The van der Waals surface area contributed by atoms with Crippen molar-refractivity contribution in [1.29, 1.82) is 0 Å². The van der Waals surface area contributed by atoms with E-state index in [0.29, 0.717) is 0 Å². The van der Waals surface area contributed by atoms with Gasteiger partial charge in [0.1, 0.15) is 5.56 Å². The monoisotopic (exact) mass is 334 g/mol. The van der Waals surface area contributed by atoms with Gasteiger partial charge in [-0.05, 0) is 18.8 Å². The van der Waals surface area contributed by atoms with Gasteiger partial charge in [0.25, 0.3) is 11.5 Å². The number of hydrogen-bond acceptors (Lipinski definition) is 5. The van der Waals surface area contributed by atoms with E-state index in [1.54, 1.807) is 0 Å². The number of hydrogen-bond donors (Lipinski definition) is 3. The Hall–Kier alpha value is -2.84.